The van der Waals surface area contributed by atoms with Crippen molar-refractivity contribution < 1.29 is 14.7 Å². The molecule has 3 N–H and O–H groups in total. The number of aromatic hydroxyl groups is 1. The number of hydrogen-bond donors (Lipinski definition) is 3. The van der Waals surface area contributed by atoms with Crippen LogP contribution >= 0.6 is 0 Å². The number of carbonyl (C=O) groups is 2. The maximum atomic E-state index is 12.9. The number of phenols is 1. The summed E-state index contributed by atoms with van der Waals surface area (Å²) in [6.07, 6.45) is 3.49. The minimum absolute atomic E-state index is 0.0439. The van der Waals surface area contributed by atoms with E-state index in [1.54, 1.807) is 61.5 Å². The Balaban J connectivity index is 1.86. The summed E-state index contributed by atoms with van der Waals surface area (Å²) in [5.41, 5.74) is 5.58. The number of para-hydroxylation sites is 1. The molecule has 0 aliphatic carbocycles. The zero-order valence-electron chi connectivity index (χ0n) is 18.4. The van der Waals surface area contributed by atoms with Crippen molar-refractivity contribution in [1.82, 2.24) is 10.7 Å². The van der Waals surface area contributed by atoms with Crippen molar-refractivity contribution in [3.05, 3.63) is 119 Å². The molecule has 3 aromatic carbocycles. The molecule has 0 spiro atoms. The van der Waals surface area contributed by atoms with Crippen LogP contribution in [0.1, 0.15) is 35.3 Å². The van der Waals surface area contributed by atoms with Crippen LogP contribution in [0, 0.1) is 0 Å². The van der Waals surface area contributed by atoms with Crippen molar-refractivity contribution in [2.75, 3.05) is 0 Å². The molecule has 0 saturated carbocycles. The molecule has 0 aliphatic heterocycles. The van der Waals surface area contributed by atoms with E-state index in [1.165, 1.54) is 0 Å². The Bertz CT molecular complexity index is 1210. The van der Waals surface area contributed by atoms with Crippen LogP contribution in [0.5, 0.6) is 5.75 Å². The van der Waals surface area contributed by atoms with Gasteiger partial charge in [0.15, 0.2) is 0 Å². The van der Waals surface area contributed by atoms with Crippen molar-refractivity contribution >= 4 is 23.6 Å². The van der Waals surface area contributed by atoms with Crippen molar-refractivity contribution in [2.45, 2.75) is 13.8 Å². The first-order chi connectivity index (χ1) is 15.9. The number of carbonyl (C=O) groups excluding carboxylic acids is 2. The third-order valence-electron chi connectivity index (χ3n) is 4.71. The lowest BCUT2D eigenvalue weighted by Gasteiger charge is -2.10. The Morgan fingerprint density at radius 1 is 0.848 bits per heavy atom. The smallest absolute Gasteiger partial charge is 0.287 e. The summed E-state index contributed by atoms with van der Waals surface area (Å²) in [7, 11) is 0. The molecule has 0 unspecified atom stereocenters. The number of benzene rings is 3. The normalized spacial score (nSPS) is 12.2. The van der Waals surface area contributed by atoms with Crippen LogP contribution in [0.15, 0.2) is 107 Å². The average molecular weight is 440 g/mol. The number of nitrogens with one attached hydrogen (secondary N) is 2. The molecule has 0 aromatic heterocycles. The highest BCUT2D eigenvalue weighted by molar-refractivity contribution is 6.05. The number of allylic oxidation sites excluding steroid dienone is 2. The first-order valence-electron chi connectivity index (χ1n) is 10.4. The molecule has 0 atom stereocenters. The zero-order chi connectivity index (χ0) is 23.6. The van der Waals surface area contributed by atoms with Gasteiger partial charge in [-0.15, -0.1) is 0 Å². The fraction of sp³-hybridized carbons (Fsp3) is 0.0741. The number of hydrogen-bond acceptors (Lipinski definition) is 4. The Morgan fingerprint density at radius 2 is 1.45 bits per heavy atom. The van der Waals surface area contributed by atoms with Gasteiger partial charge in [-0.05, 0) is 55.3 Å². The second kappa shape index (κ2) is 11.2. The maximum Gasteiger partial charge on any atom is 0.287 e. The molecule has 0 fully saturated rings. The van der Waals surface area contributed by atoms with E-state index in [0.717, 1.165) is 11.1 Å². The quantitative estimate of drug-likeness (QED) is 0.217. The topological polar surface area (TPSA) is 90.8 Å². The van der Waals surface area contributed by atoms with Crippen LogP contribution in [0.3, 0.4) is 0 Å². The predicted molar refractivity (Wildman–Crippen MR) is 131 cm³/mol. The highest BCUT2D eigenvalue weighted by Crippen LogP contribution is 2.16. The minimum atomic E-state index is -0.588. The van der Waals surface area contributed by atoms with E-state index in [4.69, 9.17) is 0 Å². The van der Waals surface area contributed by atoms with Crippen LogP contribution in [0.2, 0.25) is 0 Å². The van der Waals surface area contributed by atoms with Crippen molar-refractivity contribution in [3.8, 4) is 5.75 Å². The summed E-state index contributed by atoms with van der Waals surface area (Å²) >= 11 is 0. The van der Waals surface area contributed by atoms with Gasteiger partial charge in [-0.2, -0.15) is 5.10 Å². The molecule has 0 radical (unpaired) electrons. The minimum Gasteiger partial charge on any atom is -0.507 e. The first kappa shape index (κ1) is 23.2. The molecule has 0 saturated heterocycles. The lowest BCUT2D eigenvalue weighted by molar-refractivity contribution is -0.117. The molecular formula is C27H25N3O3. The van der Waals surface area contributed by atoms with Crippen LogP contribution in [0.25, 0.3) is 6.08 Å². The fourth-order valence-corrected chi connectivity index (χ4v) is 3.06. The average Bonchev–Trinajstić information content (AvgIpc) is 2.83. The summed E-state index contributed by atoms with van der Waals surface area (Å²) in [5.74, 6) is -0.941. The second-order valence-corrected chi connectivity index (χ2v) is 7.33. The Morgan fingerprint density at radius 3 is 2.12 bits per heavy atom. The SMILES string of the molecule is CC(=NNC(=O)/C(=C\C(C)=C/c1ccccc1)NC(=O)c1ccccc1)c1ccccc1O. The van der Waals surface area contributed by atoms with Crippen LogP contribution in [-0.4, -0.2) is 22.6 Å². The van der Waals surface area contributed by atoms with E-state index in [1.807, 2.05) is 49.4 Å². The molecule has 166 valence electrons. The van der Waals surface area contributed by atoms with Gasteiger partial charge in [0.2, 0.25) is 0 Å². The Labute approximate surface area is 193 Å². The highest BCUT2D eigenvalue weighted by atomic mass is 16.3. The third kappa shape index (κ3) is 6.77. The summed E-state index contributed by atoms with van der Waals surface area (Å²) in [6, 6.07) is 25.0. The highest BCUT2D eigenvalue weighted by Gasteiger charge is 2.15. The molecule has 2 amide bonds. The van der Waals surface area contributed by atoms with Crippen LogP contribution in [-0.2, 0) is 4.79 Å². The monoisotopic (exact) mass is 439 g/mol. The van der Waals surface area contributed by atoms with Crippen molar-refractivity contribution in [3.63, 3.8) is 0 Å². The largest absolute Gasteiger partial charge is 0.507 e. The van der Waals surface area contributed by atoms with Gasteiger partial charge in [-0.1, -0.05) is 66.7 Å². The lowest BCUT2D eigenvalue weighted by atomic mass is 10.1. The van der Waals surface area contributed by atoms with E-state index in [2.05, 4.69) is 15.8 Å². The first-order valence-corrected chi connectivity index (χ1v) is 10.4. The molecule has 0 aliphatic rings. The van der Waals surface area contributed by atoms with E-state index in [-0.39, 0.29) is 11.4 Å². The molecule has 33 heavy (non-hydrogen) atoms. The third-order valence-corrected chi connectivity index (χ3v) is 4.71. The summed E-state index contributed by atoms with van der Waals surface area (Å²) < 4.78 is 0. The number of hydrazone groups is 1. The Kier molecular flexibility index (Phi) is 7.91. The van der Waals surface area contributed by atoms with E-state index >= 15 is 0 Å². The van der Waals surface area contributed by atoms with E-state index in [9.17, 15) is 14.7 Å². The summed E-state index contributed by atoms with van der Waals surface area (Å²) in [6.45, 7) is 3.51. The maximum absolute atomic E-state index is 12.9. The second-order valence-electron chi connectivity index (χ2n) is 7.33. The standard InChI is InChI=1S/C27H25N3O3/c1-19(17-21-11-5-3-6-12-21)18-24(28-26(32)22-13-7-4-8-14-22)27(33)30-29-20(2)23-15-9-10-16-25(23)31/h3-18,31H,1-2H3,(H,28,32)(H,30,33)/b19-17-,24-18+,29-20?. The lowest BCUT2D eigenvalue weighted by Crippen LogP contribution is -2.33. The molecule has 0 bridgehead atoms. The van der Waals surface area contributed by atoms with Gasteiger partial charge in [0.25, 0.3) is 11.8 Å². The van der Waals surface area contributed by atoms with Gasteiger partial charge in [0.05, 0.1) is 5.71 Å². The van der Waals surface area contributed by atoms with Crippen molar-refractivity contribution in [1.29, 1.82) is 0 Å². The van der Waals surface area contributed by atoms with Gasteiger partial charge in [-0.25, -0.2) is 5.43 Å². The molecule has 6 nitrogen and oxygen atoms in total. The number of phenolic OH excluding ortho intramolecular Hbond substituents is 1. The van der Waals surface area contributed by atoms with Gasteiger partial charge in [0, 0.05) is 11.1 Å². The summed E-state index contributed by atoms with van der Waals surface area (Å²) in [4.78, 5) is 25.6. The van der Waals surface area contributed by atoms with E-state index < -0.39 is 11.8 Å². The van der Waals surface area contributed by atoms with Crippen molar-refractivity contribution in [2.24, 2.45) is 5.10 Å². The summed E-state index contributed by atoms with van der Waals surface area (Å²) in [5, 5.41) is 16.8. The number of amides is 2. The molecule has 3 aromatic rings. The van der Waals surface area contributed by atoms with Gasteiger partial charge >= 0.3 is 0 Å². The Hall–Kier alpha value is -4.45. The molecule has 0 heterocycles. The molecule has 6 heteroatoms. The number of rotatable bonds is 7. The van der Waals surface area contributed by atoms with Gasteiger partial charge in [-0.3, -0.25) is 9.59 Å². The predicted octanol–water partition coefficient (Wildman–Crippen LogP) is 4.65. The number of nitrogens with zero attached hydrogens (tertiary/aromatic N) is 1. The van der Waals surface area contributed by atoms with Gasteiger partial charge < -0.3 is 10.4 Å². The molecular weight excluding hydrogens is 414 g/mol. The van der Waals surface area contributed by atoms with E-state index in [0.29, 0.717) is 16.8 Å². The van der Waals surface area contributed by atoms with Crippen LogP contribution < -0.4 is 10.7 Å². The van der Waals surface area contributed by atoms with Gasteiger partial charge in [0.1, 0.15) is 11.4 Å². The van der Waals surface area contributed by atoms with Crippen LogP contribution in [0.4, 0.5) is 0 Å². The fourth-order valence-electron chi connectivity index (χ4n) is 3.06. The molecule has 3 rings (SSSR count). The zero-order valence-corrected chi connectivity index (χ0v) is 18.4.